The van der Waals surface area contributed by atoms with Crippen molar-refractivity contribution in [2.24, 2.45) is 0 Å². The molecule has 0 saturated carbocycles. The van der Waals surface area contributed by atoms with Crippen LogP contribution in [0.3, 0.4) is 0 Å². The molecule has 0 heterocycles. The molecule has 0 saturated heterocycles. The Labute approximate surface area is 149 Å². The Morgan fingerprint density at radius 3 is 2.65 bits per heavy atom. The van der Waals surface area contributed by atoms with E-state index in [-0.39, 0.29) is 17.2 Å². The highest BCUT2D eigenvalue weighted by Gasteiger charge is 2.14. The highest BCUT2D eigenvalue weighted by atomic mass is 16.6. The molecule has 26 heavy (non-hydrogen) atoms. The molecule has 0 fully saturated rings. The van der Waals surface area contributed by atoms with Crippen molar-refractivity contribution in [1.29, 1.82) is 0 Å². The highest BCUT2D eigenvalue weighted by Crippen LogP contribution is 2.27. The topological polar surface area (TPSA) is 122 Å². The third kappa shape index (κ3) is 4.97. The van der Waals surface area contributed by atoms with Crippen molar-refractivity contribution in [3.63, 3.8) is 0 Å². The number of benzene rings is 2. The van der Waals surface area contributed by atoms with Crippen molar-refractivity contribution < 1.29 is 24.7 Å². The van der Waals surface area contributed by atoms with E-state index in [1.54, 1.807) is 18.2 Å². The Bertz CT molecular complexity index is 848. The number of methoxy groups -OCH3 is 1. The molecule has 2 rings (SSSR count). The maximum absolute atomic E-state index is 11.3. The molecule has 8 nitrogen and oxygen atoms in total. The minimum Gasteiger partial charge on any atom is -0.504 e. The third-order valence-electron chi connectivity index (χ3n) is 3.60. The van der Waals surface area contributed by atoms with Gasteiger partial charge in [-0.1, -0.05) is 12.1 Å². The molecule has 0 aliphatic heterocycles. The molecule has 0 bridgehead atoms. The van der Waals surface area contributed by atoms with Gasteiger partial charge in [0.2, 0.25) is 0 Å². The molecule has 3 N–H and O–H groups in total. The van der Waals surface area contributed by atoms with Gasteiger partial charge in [-0.05, 0) is 41.8 Å². The molecule has 0 aliphatic rings. The fraction of sp³-hybridized carbons (Fsp3) is 0.167. The SMILES string of the molecule is COC(=O)/C=C/c1ccc(NCCc2ccc(O)c(O)c2)c([N+](=O)[O-])c1. The van der Waals surface area contributed by atoms with Crippen LogP contribution in [0.2, 0.25) is 0 Å². The minimum atomic E-state index is -0.549. The van der Waals surface area contributed by atoms with Crippen LogP contribution in [0.4, 0.5) is 11.4 Å². The van der Waals surface area contributed by atoms with Gasteiger partial charge in [-0.25, -0.2) is 4.79 Å². The zero-order valence-corrected chi connectivity index (χ0v) is 14.0. The maximum Gasteiger partial charge on any atom is 0.330 e. The van der Waals surface area contributed by atoms with E-state index < -0.39 is 10.9 Å². The van der Waals surface area contributed by atoms with Crippen molar-refractivity contribution in [2.45, 2.75) is 6.42 Å². The average Bonchev–Trinajstić information content (AvgIpc) is 2.63. The van der Waals surface area contributed by atoms with Crippen LogP contribution in [0.25, 0.3) is 6.08 Å². The fourth-order valence-electron chi connectivity index (χ4n) is 2.25. The lowest BCUT2D eigenvalue weighted by atomic mass is 10.1. The Balaban J connectivity index is 2.08. The van der Waals surface area contributed by atoms with Crippen LogP contribution in [0.5, 0.6) is 11.5 Å². The monoisotopic (exact) mass is 358 g/mol. The normalized spacial score (nSPS) is 10.7. The molecule has 8 heteroatoms. The van der Waals surface area contributed by atoms with E-state index in [1.807, 2.05) is 0 Å². The number of aromatic hydroxyl groups is 2. The van der Waals surface area contributed by atoms with Crippen LogP contribution in [0.1, 0.15) is 11.1 Å². The molecule has 0 aliphatic carbocycles. The van der Waals surface area contributed by atoms with Gasteiger partial charge in [0.05, 0.1) is 12.0 Å². The number of nitrogens with one attached hydrogen (secondary N) is 1. The van der Waals surface area contributed by atoms with Crippen LogP contribution in [0.15, 0.2) is 42.5 Å². The lowest BCUT2D eigenvalue weighted by molar-refractivity contribution is -0.384. The molecule has 2 aromatic carbocycles. The fourth-order valence-corrected chi connectivity index (χ4v) is 2.25. The Morgan fingerprint density at radius 1 is 1.23 bits per heavy atom. The Hall–Kier alpha value is -3.55. The lowest BCUT2D eigenvalue weighted by Crippen LogP contribution is -2.07. The summed E-state index contributed by atoms with van der Waals surface area (Å²) in [6.07, 6.45) is 3.11. The van der Waals surface area contributed by atoms with Crippen LogP contribution in [-0.4, -0.2) is 34.8 Å². The summed E-state index contributed by atoms with van der Waals surface area (Å²) in [5.74, 6) is -0.963. The summed E-state index contributed by atoms with van der Waals surface area (Å²) in [4.78, 5) is 21.9. The minimum absolute atomic E-state index is 0.120. The summed E-state index contributed by atoms with van der Waals surface area (Å²) in [6.45, 7) is 0.391. The Morgan fingerprint density at radius 2 is 2.00 bits per heavy atom. The second-order valence-electron chi connectivity index (χ2n) is 5.39. The average molecular weight is 358 g/mol. The van der Waals surface area contributed by atoms with Crippen molar-refractivity contribution in [3.8, 4) is 11.5 Å². The standard InChI is InChI=1S/C18H18N2O6/c1-26-18(23)7-4-12-2-5-14(15(10-12)20(24)25)19-9-8-13-3-6-16(21)17(22)11-13/h2-7,10-11,19,21-22H,8-9H2,1H3/b7-4+. The number of carbonyl (C=O) groups is 1. The summed E-state index contributed by atoms with van der Waals surface area (Å²) in [6, 6.07) is 9.03. The number of carbonyl (C=O) groups excluding carboxylic acids is 1. The van der Waals surface area contributed by atoms with Crippen LogP contribution in [-0.2, 0) is 16.0 Å². The lowest BCUT2D eigenvalue weighted by Gasteiger charge is -2.08. The van der Waals surface area contributed by atoms with Crippen molar-refractivity contribution in [1.82, 2.24) is 0 Å². The second-order valence-corrected chi connectivity index (χ2v) is 5.39. The second kappa shape index (κ2) is 8.52. The molecule has 0 aromatic heterocycles. The van der Waals surface area contributed by atoms with Gasteiger partial charge in [-0.2, -0.15) is 0 Å². The number of phenolic OH excluding ortho intramolecular Hbond substituents is 2. The van der Waals surface area contributed by atoms with Crippen LogP contribution < -0.4 is 5.32 Å². The molecule has 2 aromatic rings. The summed E-state index contributed by atoms with van der Waals surface area (Å²) in [5, 5.41) is 33.0. The summed E-state index contributed by atoms with van der Waals surface area (Å²) in [5.41, 5.74) is 1.49. The number of nitrogens with zero attached hydrogens (tertiary/aromatic N) is 1. The summed E-state index contributed by atoms with van der Waals surface area (Å²) >= 11 is 0. The first-order valence-corrected chi connectivity index (χ1v) is 7.70. The largest absolute Gasteiger partial charge is 0.504 e. The van der Waals surface area contributed by atoms with Gasteiger partial charge in [-0.15, -0.1) is 0 Å². The van der Waals surface area contributed by atoms with E-state index in [4.69, 9.17) is 0 Å². The van der Waals surface area contributed by atoms with Gasteiger partial charge in [0, 0.05) is 18.7 Å². The van der Waals surface area contributed by atoms with E-state index in [9.17, 15) is 25.1 Å². The number of phenols is 2. The number of nitro benzene ring substituents is 1. The maximum atomic E-state index is 11.3. The van der Waals surface area contributed by atoms with Crippen LogP contribution in [0, 0.1) is 10.1 Å². The van der Waals surface area contributed by atoms with Gasteiger partial charge in [-0.3, -0.25) is 10.1 Å². The quantitative estimate of drug-likeness (QED) is 0.229. The molecule has 0 amide bonds. The highest BCUT2D eigenvalue weighted by molar-refractivity contribution is 5.87. The number of hydrogen-bond donors (Lipinski definition) is 3. The van der Waals surface area contributed by atoms with E-state index in [0.29, 0.717) is 24.2 Å². The van der Waals surface area contributed by atoms with Gasteiger partial charge in [0.1, 0.15) is 5.69 Å². The number of esters is 1. The van der Waals surface area contributed by atoms with E-state index in [1.165, 1.54) is 37.5 Å². The molecule has 0 radical (unpaired) electrons. The number of nitro groups is 1. The predicted octanol–water partition coefficient (Wildman–Crippen LogP) is 2.85. The molecule has 0 unspecified atom stereocenters. The Kier molecular flexibility index (Phi) is 6.15. The molecular formula is C18H18N2O6. The van der Waals surface area contributed by atoms with Gasteiger partial charge >= 0.3 is 5.97 Å². The van der Waals surface area contributed by atoms with Crippen molar-refractivity contribution in [3.05, 3.63) is 63.7 Å². The number of hydrogen-bond acceptors (Lipinski definition) is 7. The third-order valence-corrected chi connectivity index (χ3v) is 3.60. The zero-order valence-electron chi connectivity index (χ0n) is 14.0. The van der Waals surface area contributed by atoms with Gasteiger partial charge < -0.3 is 20.3 Å². The number of rotatable bonds is 7. The molecule has 0 spiro atoms. The number of anilines is 1. The predicted molar refractivity (Wildman–Crippen MR) is 96.1 cm³/mol. The smallest absolute Gasteiger partial charge is 0.330 e. The van der Waals surface area contributed by atoms with Gasteiger partial charge in [0.25, 0.3) is 5.69 Å². The first kappa shape index (κ1) is 18.8. The summed E-state index contributed by atoms with van der Waals surface area (Å²) in [7, 11) is 1.25. The van der Waals surface area contributed by atoms with E-state index in [2.05, 4.69) is 10.1 Å². The van der Waals surface area contributed by atoms with E-state index >= 15 is 0 Å². The van der Waals surface area contributed by atoms with E-state index in [0.717, 1.165) is 5.56 Å². The first-order chi connectivity index (χ1) is 12.4. The summed E-state index contributed by atoms with van der Waals surface area (Å²) < 4.78 is 4.48. The number of ether oxygens (including phenoxy) is 1. The zero-order chi connectivity index (χ0) is 19.1. The molecule has 0 atom stereocenters. The molecular weight excluding hydrogens is 340 g/mol. The first-order valence-electron chi connectivity index (χ1n) is 7.70. The molecule has 136 valence electrons. The van der Waals surface area contributed by atoms with Gasteiger partial charge in [0.15, 0.2) is 11.5 Å². The van der Waals surface area contributed by atoms with Crippen molar-refractivity contribution in [2.75, 3.05) is 19.0 Å². The van der Waals surface area contributed by atoms with Crippen LogP contribution >= 0.6 is 0 Å². The van der Waals surface area contributed by atoms with Crippen molar-refractivity contribution >= 4 is 23.4 Å².